The van der Waals surface area contributed by atoms with E-state index in [1.807, 2.05) is 0 Å². The number of hydrogen-bond donors (Lipinski definition) is 1. The predicted molar refractivity (Wildman–Crippen MR) is 82.1 cm³/mol. The fourth-order valence-corrected chi connectivity index (χ4v) is 2.13. The quantitative estimate of drug-likeness (QED) is 0.739. The summed E-state index contributed by atoms with van der Waals surface area (Å²) in [6.45, 7) is 1.29. The number of carbonyl (C=O) groups is 1. The maximum absolute atomic E-state index is 12.2. The number of phenols is 1. The predicted octanol–water partition coefficient (Wildman–Crippen LogP) is 1.62. The Labute approximate surface area is 130 Å². The van der Waals surface area contributed by atoms with E-state index in [4.69, 9.17) is 4.74 Å². The van der Waals surface area contributed by atoms with Crippen LogP contribution in [0.1, 0.15) is 15.9 Å². The van der Waals surface area contributed by atoms with E-state index in [0.717, 1.165) is 4.68 Å². The molecule has 3 aromatic rings. The normalized spacial score (nSPS) is 10.7. The van der Waals surface area contributed by atoms with Crippen molar-refractivity contribution in [3.8, 4) is 5.75 Å². The molecular formula is C16H13N3O4. The minimum absolute atomic E-state index is 0.0341. The summed E-state index contributed by atoms with van der Waals surface area (Å²) >= 11 is 0. The maximum atomic E-state index is 12.2. The topological polar surface area (TPSA) is 94.3 Å². The van der Waals surface area contributed by atoms with Gasteiger partial charge in [0.25, 0.3) is 5.56 Å². The summed E-state index contributed by atoms with van der Waals surface area (Å²) in [5.41, 5.74) is 0.655. The summed E-state index contributed by atoms with van der Waals surface area (Å²) in [4.78, 5) is 24.2. The summed E-state index contributed by atoms with van der Waals surface area (Å²) in [6, 6.07) is 11.5. The Hall–Kier alpha value is -3.22. The van der Waals surface area contributed by atoms with Gasteiger partial charge in [-0.25, -0.2) is 4.79 Å². The van der Waals surface area contributed by atoms with Gasteiger partial charge in [-0.3, -0.25) is 4.79 Å². The Kier molecular flexibility index (Phi) is 3.76. The van der Waals surface area contributed by atoms with Crippen molar-refractivity contribution < 1.29 is 14.6 Å². The lowest BCUT2D eigenvalue weighted by Crippen LogP contribution is -2.26. The summed E-state index contributed by atoms with van der Waals surface area (Å²) in [7, 11) is 0. The number of esters is 1. The smallest absolute Gasteiger partial charge is 0.343 e. The number of carbonyl (C=O) groups excluding carboxylic acids is 1. The first-order chi connectivity index (χ1) is 11.1. The Balaban J connectivity index is 1.83. The number of rotatable bonds is 3. The van der Waals surface area contributed by atoms with Gasteiger partial charge in [0.2, 0.25) is 0 Å². The molecule has 0 aliphatic rings. The zero-order valence-electron chi connectivity index (χ0n) is 12.3. The molecule has 0 aliphatic heterocycles. The second-order valence-corrected chi connectivity index (χ2v) is 4.94. The van der Waals surface area contributed by atoms with Crippen LogP contribution in [0.15, 0.2) is 47.3 Å². The molecular weight excluding hydrogens is 298 g/mol. The van der Waals surface area contributed by atoms with E-state index in [-0.39, 0.29) is 18.0 Å². The lowest BCUT2D eigenvalue weighted by molar-refractivity contribution is 0.0332. The molecule has 0 saturated carbocycles. The van der Waals surface area contributed by atoms with Crippen LogP contribution in [-0.2, 0) is 11.5 Å². The van der Waals surface area contributed by atoms with Gasteiger partial charge in [-0.1, -0.05) is 29.5 Å². The third-order valence-electron chi connectivity index (χ3n) is 3.40. The molecule has 7 nitrogen and oxygen atoms in total. The molecule has 7 heteroatoms. The third-order valence-corrected chi connectivity index (χ3v) is 3.40. The second kappa shape index (κ2) is 5.88. The number of nitrogens with zero attached hydrogens (tertiary/aromatic N) is 3. The van der Waals surface area contributed by atoms with Crippen LogP contribution in [0.25, 0.3) is 10.9 Å². The second-order valence-electron chi connectivity index (χ2n) is 4.94. The molecule has 1 aromatic heterocycles. The highest BCUT2D eigenvalue weighted by molar-refractivity contribution is 5.92. The number of benzene rings is 2. The Morgan fingerprint density at radius 1 is 1.22 bits per heavy atom. The molecule has 23 heavy (non-hydrogen) atoms. The van der Waals surface area contributed by atoms with E-state index in [1.54, 1.807) is 43.3 Å². The van der Waals surface area contributed by atoms with E-state index in [9.17, 15) is 14.7 Å². The maximum Gasteiger partial charge on any atom is 0.343 e. The van der Waals surface area contributed by atoms with Gasteiger partial charge in [0.05, 0.1) is 5.39 Å². The molecule has 1 N–H and O–H groups in total. The number of para-hydroxylation sites is 1. The minimum atomic E-state index is -0.743. The summed E-state index contributed by atoms with van der Waals surface area (Å²) in [5, 5.41) is 17.9. The molecule has 0 unspecified atom stereocenters. The standard InChI is InChI=1S/C16H13N3O4/c1-10-5-4-7-12(14(10)20)16(22)23-9-19-15(21)11-6-2-3-8-13(11)17-18-19/h2-8,20H,9H2,1H3. The van der Waals surface area contributed by atoms with Gasteiger partial charge in [0.1, 0.15) is 16.8 Å². The highest BCUT2D eigenvalue weighted by Gasteiger charge is 2.15. The van der Waals surface area contributed by atoms with E-state index in [2.05, 4.69) is 10.3 Å². The SMILES string of the molecule is Cc1cccc(C(=O)OCn2nnc3ccccc3c2=O)c1O. The Morgan fingerprint density at radius 3 is 2.83 bits per heavy atom. The zero-order valence-corrected chi connectivity index (χ0v) is 12.3. The van der Waals surface area contributed by atoms with Crippen LogP contribution in [0.4, 0.5) is 0 Å². The van der Waals surface area contributed by atoms with Crippen LogP contribution >= 0.6 is 0 Å². The molecule has 1 heterocycles. The van der Waals surface area contributed by atoms with Crippen molar-refractivity contribution in [3.63, 3.8) is 0 Å². The van der Waals surface area contributed by atoms with Gasteiger partial charge in [-0.05, 0) is 30.7 Å². The Morgan fingerprint density at radius 2 is 2.00 bits per heavy atom. The number of phenolic OH excluding ortho intramolecular Hbond substituents is 1. The number of fused-ring (bicyclic) bond motifs is 1. The molecule has 0 amide bonds. The van der Waals surface area contributed by atoms with Crippen molar-refractivity contribution in [1.29, 1.82) is 0 Å². The third kappa shape index (κ3) is 2.76. The zero-order chi connectivity index (χ0) is 16.4. The average molecular weight is 311 g/mol. The van der Waals surface area contributed by atoms with Crippen LogP contribution in [0.3, 0.4) is 0 Å². The van der Waals surface area contributed by atoms with Crippen molar-refractivity contribution in [2.45, 2.75) is 13.7 Å². The average Bonchev–Trinajstić information content (AvgIpc) is 2.57. The summed E-state index contributed by atoms with van der Waals surface area (Å²) in [6.07, 6.45) is 0. The van der Waals surface area contributed by atoms with Crippen LogP contribution in [0.2, 0.25) is 0 Å². The lowest BCUT2D eigenvalue weighted by Gasteiger charge is -2.08. The fraction of sp³-hybridized carbons (Fsp3) is 0.125. The first-order valence-electron chi connectivity index (χ1n) is 6.86. The summed E-state index contributed by atoms with van der Waals surface area (Å²) < 4.78 is 5.99. The molecule has 2 aromatic carbocycles. The number of aromatic hydroxyl groups is 1. The highest BCUT2D eigenvalue weighted by atomic mass is 16.5. The number of hydrogen-bond acceptors (Lipinski definition) is 6. The van der Waals surface area contributed by atoms with Gasteiger partial charge in [0.15, 0.2) is 6.73 Å². The van der Waals surface area contributed by atoms with E-state index in [0.29, 0.717) is 16.5 Å². The number of aromatic nitrogens is 3. The number of aryl methyl sites for hydroxylation is 1. The van der Waals surface area contributed by atoms with Crippen molar-refractivity contribution in [1.82, 2.24) is 15.0 Å². The number of ether oxygens (including phenoxy) is 1. The van der Waals surface area contributed by atoms with E-state index < -0.39 is 11.5 Å². The molecule has 116 valence electrons. The minimum Gasteiger partial charge on any atom is -0.507 e. The van der Waals surface area contributed by atoms with Crippen molar-refractivity contribution in [2.24, 2.45) is 0 Å². The van der Waals surface area contributed by atoms with Gasteiger partial charge in [-0.2, -0.15) is 4.68 Å². The van der Waals surface area contributed by atoms with Crippen molar-refractivity contribution in [3.05, 3.63) is 63.9 Å². The lowest BCUT2D eigenvalue weighted by atomic mass is 10.1. The monoisotopic (exact) mass is 311 g/mol. The van der Waals surface area contributed by atoms with E-state index in [1.165, 1.54) is 6.07 Å². The summed E-state index contributed by atoms with van der Waals surface area (Å²) in [5.74, 6) is -0.887. The largest absolute Gasteiger partial charge is 0.507 e. The molecule has 0 bridgehead atoms. The molecule has 0 atom stereocenters. The Bertz CT molecular complexity index is 949. The van der Waals surface area contributed by atoms with Crippen LogP contribution in [0, 0.1) is 6.92 Å². The molecule has 0 fully saturated rings. The van der Waals surface area contributed by atoms with Crippen LogP contribution in [0.5, 0.6) is 5.75 Å². The molecule has 0 saturated heterocycles. The van der Waals surface area contributed by atoms with Gasteiger partial charge >= 0.3 is 5.97 Å². The van der Waals surface area contributed by atoms with Gasteiger partial charge < -0.3 is 9.84 Å². The fourth-order valence-electron chi connectivity index (χ4n) is 2.13. The van der Waals surface area contributed by atoms with Crippen molar-refractivity contribution in [2.75, 3.05) is 0 Å². The molecule has 0 radical (unpaired) electrons. The van der Waals surface area contributed by atoms with Crippen molar-refractivity contribution >= 4 is 16.9 Å². The van der Waals surface area contributed by atoms with Gasteiger partial charge in [-0.15, -0.1) is 5.10 Å². The first-order valence-corrected chi connectivity index (χ1v) is 6.86. The van der Waals surface area contributed by atoms with Crippen LogP contribution in [-0.4, -0.2) is 26.1 Å². The first kappa shape index (κ1) is 14.7. The molecule has 0 aliphatic carbocycles. The molecule has 3 rings (SSSR count). The van der Waals surface area contributed by atoms with Crippen LogP contribution < -0.4 is 5.56 Å². The van der Waals surface area contributed by atoms with Gasteiger partial charge in [0, 0.05) is 0 Å². The van der Waals surface area contributed by atoms with E-state index >= 15 is 0 Å². The highest BCUT2D eigenvalue weighted by Crippen LogP contribution is 2.22. The molecule has 0 spiro atoms.